The first-order valence-corrected chi connectivity index (χ1v) is 8.50. The molecule has 0 saturated carbocycles. The Balaban J connectivity index is 2.11. The van der Waals surface area contributed by atoms with Gasteiger partial charge in [-0.2, -0.15) is 0 Å². The molecule has 0 aromatic heterocycles. The van der Waals surface area contributed by atoms with E-state index in [9.17, 15) is 4.39 Å². The van der Waals surface area contributed by atoms with E-state index < -0.39 is 0 Å². The molecule has 1 N–H and O–H groups in total. The van der Waals surface area contributed by atoms with E-state index in [1.54, 1.807) is 0 Å². The normalized spacial score (nSPS) is 12.4. The fraction of sp³-hybridized carbons (Fsp3) is 0.294. The number of nitrogens with one attached hydrogen (secondary N) is 1. The van der Waals surface area contributed by atoms with Crippen LogP contribution in [0.1, 0.15) is 11.1 Å². The zero-order valence-electron chi connectivity index (χ0n) is 11.9. The Labute approximate surface area is 142 Å². The Hall–Kier alpha value is -0.710. The minimum atomic E-state index is -0.213. The quantitative estimate of drug-likeness (QED) is 0.703. The molecule has 0 heterocycles. The van der Waals surface area contributed by atoms with Crippen LogP contribution in [0.15, 0.2) is 51.4 Å². The molecule has 21 heavy (non-hydrogen) atoms. The molecule has 0 radical (unpaired) electrons. The van der Waals surface area contributed by atoms with Gasteiger partial charge in [-0.05, 0) is 77.6 Å². The van der Waals surface area contributed by atoms with Gasteiger partial charge in [0.25, 0.3) is 0 Å². The summed E-state index contributed by atoms with van der Waals surface area (Å²) < 4.78 is 15.0. The van der Waals surface area contributed by atoms with Gasteiger partial charge in [0.15, 0.2) is 0 Å². The zero-order chi connectivity index (χ0) is 15.2. The molecule has 0 saturated heterocycles. The summed E-state index contributed by atoms with van der Waals surface area (Å²) in [5, 5.41) is 3.25. The maximum Gasteiger partial charge on any atom is 0.137 e. The molecule has 0 aliphatic heterocycles. The van der Waals surface area contributed by atoms with Gasteiger partial charge in [0.05, 0.1) is 4.47 Å². The number of halogens is 3. The molecule has 0 bridgehead atoms. The Bertz CT molecular complexity index is 601. The zero-order valence-corrected chi connectivity index (χ0v) is 15.0. The Kier molecular flexibility index (Phi) is 6.40. The van der Waals surface area contributed by atoms with Crippen LogP contribution in [0.25, 0.3) is 0 Å². The van der Waals surface area contributed by atoms with Crippen LogP contribution in [0, 0.1) is 11.7 Å². The number of hydrogen-bond acceptors (Lipinski definition) is 1. The molecule has 2 aromatic carbocycles. The van der Waals surface area contributed by atoms with Crippen molar-refractivity contribution in [2.45, 2.75) is 12.8 Å². The van der Waals surface area contributed by atoms with Gasteiger partial charge in [0, 0.05) is 4.47 Å². The van der Waals surface area contributed by atoms with Crippen molar-refractivity contribution < 1.29 is 4.39 Å². The lowest BCUT2D eigenvalue weighted by Gasteiger charge is -2.18. The summed E-state index contributed by atoms with van der Waals surface area (Å²) in [5.41, 5.74) is 2.45. The highest BCUT2D eigenvalue weighted by atomic mass is 79.9. The van der Waals surface area contributed by atoms with Crippen molar-refractivity contribution in [3.05, 3.63) is 68.4 Å². The number of hydrogen-bond donors (Lipinski definition) is 1. The van der Waals surface area contributed by atoms with E-state index in [2.05, 4.69) is 55.4 Å². The van der Waals surface area contributed by atoms with E-state index in [4.69, 9.17) is 0 Å². The Morgan fingerprint density at radius 3 is 2.48 bits per heavy atom. The van der Waals surface area contributed by atoms with E-state index >= 15 is 0 Å². The van der Waals surface area contributed by atoms with Gasteiger partial charge in [0.1, 0.15) is 5.82 Å². The SMILES string of the molecule is CNCC(Cc1ccc(F)c(Br)c1)Cc1ccccc1Br. The molecular weight excluding hydrogens is 397 g/mol. The molecule has 0 amide bonds. The van der Waals surface area contributed by atoms with Crippen molar-refractivity contribution in [3.8, 4) is 0 Å². The monoisotopic (exact) mass is 413 g/mol. The van der Waals surface area contributed by atoms with Crippen LogP contribution in [0.5, 0.6) is 0 Å². The average molecular weight is 415 g/mol. The largest absolute Gasteiger partial charge is 0.319 e. The van der Waals surface area contributed by atoms with E-state index in [0.717, 1.165) is 29.4 Å². The summed E-state index contributed by atoms with van der Waals surface area (Å²) in [7, 11) is 1.97. The summed E-state index contributed by atoms with van der Waals surface area (Å²) in [6, 6.07) is 13.6. The second kappa shape index (κ2) is 8.06. The molecule has 1 nitrogen and oxygen atoms in total. The van der Waals surface area contributed by atoms with Crippen LogP contribution in [-0.2, 0) is 12.8 Å². The molecule has 1 unspecified atom stereocenters. The topological polar surface area (TPSA) is 12.0 Å². The molecule has 2 aromatic rings. The lowest BCUT2D eigenvalue weighted by molar-refractivity contribution is 0.492. The van der Waals surface area contributed by atoms with Crippen molar-refractivity contribution in [1.29, 1.82) is 0 Å². The van der Waals surface area contributed by atoms with Gasteiger partial charge < -0.3 is 5.32 Å². The minimum Gasteiger partial charge on any atom is -0.319 e. The highest BCUT2D eigenvalue weighted by Gasteiger charge is 2.13. The summed E-state index contributed by atoms with van der Waals surface area (Å²) >= 11 is 6.86. The molecule has 0 fully saturated rings. The van der Waals surface area contributed by atoms with Crippen LogP contribution >= 0.6 is 31.9 Å². The van der Waals surface area contributed by atoms with Crippen LogP contribution in [0.3, 0.4) is 0 Å². The van der Waals surface area contributed by atoms with Gasteiger partial charge in [-0.25, -0.2) is 4.39 Å². The van der Waals surface area contributed by atoms with Crippen LogP contribution in [0.2, 0.25) is 0 Å². The van der Waals surface area contributed by atoms with E-state index in [1.165, 1.54) is 11.6 Å². The summed E-state index contributed by atoms with van der Waals surface area (Å²) in [5.74, 6) is 0.251. The third-order valence-electron chi connectivity index (χ3n) is 3.47. The predicted octanol–water partition coefficient (Wildman–Crippen LogP) is 4.97. The Morgan fingerprint density at radius 2 is 1.81 bits per heavy atom. The maximum atomic E-state index is 13.3. The molecule has 1 atom stereocenters. The van der Waals surface area contributed by atoms with Crippen molar-refractivity contribution in [2.75, 3.05) is 13.6 Å². The molecule has 112 valence electrons. The molecule has 0 spiro atoms. The van der Waals surface area contributed by atoms with Crippen molar-refractivity contribution >= 4 is 31.9 Å². The standard InChI is InChI=1S/C17H18Br2FN/c1-21-11-13(9-14-4-2-3-5-15(14)18)8-12-6-7-17(20)16(19)10-12/h2-7,10,13,21H,8-9,11H2,1H3. The Morgan fingerprint density at radius 1 is 1.05 bits per heavy atom. The van der Waals surface area contributed by atoms with Crippen LogP contribution < -0.4 is 5.32 Å². The minimum absolute atomic E-state index is 0.213. The fourth-order valence-electron chi connectivity index (χ4n) is 2.48. The molecule has 4 heteroatoms. The summed E-state index contributed by atoms with van der Waals surface area (Å²) in [4.78, 5) is 0. The van der Waals surface area contributed by atoms with Gasteiger partial charge in [-0.15, -0.1) is 0 Å². The third kappa shape index (κ3) is 4.90. The van der Waals surface area contributed by atoms with Crippen molar-refractivity contribution in [1.82, 2.24) is 5.32 Å². The van der Waals surface area contributed by atoms with E-state index in [-0.39, 0.29) is 5.82 Å². The van der Waals surface area contributed by atoms with E-state index in [1.807, 2.05) is 25.2 Å². The van der Waals surface area contributed by atoms with Crippen LogP contribution in [-0.4, -0.2) is 13.6 Å². The molecule has 2 rings (SSSR count). The fourth-order valence-corrected chi connectivity index (χ4v) is 3.35. The summed E-state index contributed by atoms with van der Waals surface area (Å²) in [6.07, 6.45) is 1.90. The molecular formula is C17H18Br2FN. The highest BCUT2D eigenvalue weighted by Crippen LogP contribution is 2.23. The lowest BCUT2D eigenvalue weighted by atomic mass is 9.92. The first kappa shape index (κ1) is 16.7. The second-order valence-corrected chi connectivity index (χ2v) is 6.88. The van der Waals surface area contributed by atoms with E-state index in [0.29, 0.717) is 10.4 Å². The van der Waals surface area contributed by atoms with Gasteiger partial charge >= 0.3 is 0 Å². The number of rotatable bonds is 6. The smallest absolute Gasteiger partial charge is 0.137 e. The first-order valence-electron chi connectivity index (χ1n) is 6.92. The average Bonchev–Trinajstić information content (AvgIpc) is 2.46. The first-order chi connectivity index (χ1) is 10.1. The van der Waals surface area contributed by atoms with Gasteiger partial charge in [-0.3, -0.25) is 0 Å². The van der Waals surface area contributed by atoms with Crippen molar-refractivity contribution in [2.24, 2.45) is 5.92 Å². The van der Waals surface area contributed by atoms with Crippen LogP contribution in [0.4, 0.5) is 4.39 Å². The van der Waals surface area contributed by atoms with Gasteiger partial charge in [-0.1, -0.05) is 40.2 Å². The second-order valence-electron chi connectivity index (χ2n) is 5.17. The summed E-state index contributed by atoms with van der Waals surface area (Å²) in [6.45, 7) is 0.927. The third-order valence-corrected chi connectivity index (χ3v) is 4.85. The molecule has 0 aliphatic carbocycles. The maximum absolute atomic E-state index is 13.3. The predicted molar refractivity (Wildman–Crippen MR) is 93.1 cm³/mol. The number of benzene rings is 2. The highest BCUT2D eigenvalue weighted by molar-refractivity contribution is 9.10. The lowest BCUT2D eigenvalue weighted by Crippen LogP contribution is -2.23. The molecule has 0 aliphatic rings. The van der Waals surface area contributed by atoms with Gasteiger partial charge in [0.2, 0.25) is 0 Å². The van der Waals surface area contributed by atoms with Crippen molar-refractivity contribution in [3.63, 3.8) is 0 Å².